The number of hydrogen-bond donors (Lipinski definition) is 2. The molecule has 0 radical (unpaired) electrons. The Balaban J connectivity index is 1.11. The molecule has 0 unspecified atom stereocenters. The maximum Gasteiger partial charge on any atom is 0.330 e. The molecule has 0 aliphatic carbocycles. The number of benzene rings is 4. The van der Waals surface area contributed by atoms with Crippen LogP contribution in [0, 0.1) is 11.3 Å². The lowest BCUT2D eigenvalue weighted by molar-refractivity contribution is 0.102. The first-order chi connectivity index (χ1) is 24.8. The van der Waals surface area contributed by atoms with Crippen molar-refractivity contribution in [1.29, 1.82) is 5.26 Å². The molecule has 1 aromatic heterocycles. The molecule has 5 aromatic rings. The van der Waals surface area contributed by atoms with Gasteiger partial charge >= 0.3 is 6.03 Å². The first-order valence-corrected chi connectivity index (χ1v) is 17.0. The summed E-state index contributed by atoms with van der Waals surface area (Å²) in [5, 5.41) is 15.5. The van der Waals surface area contributed by atoms with Crippen molar-refractivity contribution < 1.29 is 14.3 Å². The molecule has 2 heterocycles. The van der Waals surface area contributed by atoms with Gasteiger partial charge in [0.2, 0.25) is 5.95 Å². The molecule has 0 saturated carbocycles. The van der Waals surface area contributed by atoms with E-state index < -0.39 is 0 Å². The molecule has 0 fully saturated rings. The van der Waals surface area contributed by atoms with Crippen LogP contribution in [0.5, 0.6) is 5.75 Å². The van der Waals surface area contributed by atoms with Gasteiger partial charge in [-0.15, -0.1) is 0 Å². The third kappa shape index (κ3) is 8.10. The summed E-state index contributed by atoms with van der Waals surface area (Å²) in [5.74, 6) is 1.30. The molecule has 0 spiro atoms. The van der Waals surface area contributed by atoms with E-state index in [9.17, 15) is 9.59 Å². The van der Waals surface area contributed by atoms with Crippen LogP contribution in [0.15, 0.2) is 97.2 Å². The highest BCUT2D eigenvalue weighted by Crippen LogP contribution is 2.36. The first-order valence-electron chi connectivity index (χ1n) is 16.6. The number of amides is 3. The number of aromatic nitrogens is 2. The minimum Gasteiger partial charge on any atom is -0.492 e. The molecular formula is C39H37ClN8O3. The molecule has 51 heavy (non-hydrogen) atoms. The summed E-state index contributed by atoms with van der Waals surface area (Å²) in [7, 11) is 1.65. The average Bonchev–Trinajstić information content (AvgIpc) is 3.16. The molecule has 12 heteroatoms. The zero-order valence-electron chi connectivity index (χ0n) is 28.6. The van der Waals surface area contributed by atoms with Gasteiger partial charge in [-0.2, -0.15) is 10.2 Å². The van der Waals surface area contributed by atoms with E-state index in [-0.39, 0.29) is 18.5 Å². The van der Waals surface area contributed by atoms with Crippen LogP contribution in [-0.2, 0) is 6.54 Å². The van der Waals surface area contributed by atoms with Crippen LogP contribution in [0.25, 0.3) is 11.1 Å². The Morgan fingerprint density at radius 2 is 1.63 bits per heavy atom. The lowest BCUT2D eigenvalue weighted by Crippen LogP contribution is -2.46. The van der Waals surface area contributed by atoms with Gasteiger partial charge in [-0.25, -0.2) is 9.78 Å². The molecule has 11 nitrogen and oxygen atoms in total. The smallest absolute Gasteiger partial charge is 0.330 e. The van der Waals surface area contributed by atoms with Gasteiger partial charge in [0.1, 0.15) is 18.2 Å². The molecule has 0 atom stereocenters. The second kappa shape index (κ2) is 15.7. The minimum atomic E-state index is -0.331. The summed E-state index contributed by atoms with van der Waals surface area (Å²) in [5.41, 5.74) is 5.34. The highest BCUT2D eigenvalue weighted by atomic mass is 35.5. The average molecular weight is 701 g/mol. The number of halogens is 1. The highest BCUT2D eigenvalue weighted by Gasteiger charge is 2.32. The van der Waals surface area contributed by atoms with Crippen molar-refractivity contribution in [2.24, 2.45) is 0 Å². The highest BCUT2D eigenvalue weighted by molar-refractivity contribution is 6.34. The fourth-order valence-corrected chi connectivity index (χ4v) is 5.93. The SMILES string of the molecule is CCN(CC)CCOc1ccc(Nc2ncc3c(n2)N(C)C(=O)N(c2cc(NC(=O)c4ccc(-c5ccc(C#N)cc5)cc4)ccc2Cl)C3)cc1. The minimum absolute atomic E-state index is 0.187. The van der Waals surface area contributed by atoms with Crippen molar-refractivity contribution in [2.75, 3.05) is 53.7 Å². The Bertz CT molecular complexity index is 2060. The molecule has 6 rings (SSSR count). The quantitative estimate of drug-likeness (QED) is 0.134. The zero-order valence-corrected chi connectivity index (χ0v) is 29.3. The van der Waals surface area contributed by atoms with Gasteiger partial charge in [0.15, 0.2) is 0 Å². The summed E-state index contributed by atoms with van der Waals surface area (Å²) >= 11 is 6.60. The van der Waals surface area contributed by atoms with E-state index in [0.717, 1.165) is 47.8 Å². The van der Waals surface area contributed by atoms with Crippen molar-refractivity contribution in [2.45, 2.75) is 20.4 Å². The molecule has 2 N–H and O–H groups in total. The second-order valence-electron chi connectivity index (χ2n) is 11.9. The number of nitriles is 1. The maximum atomic E-state index is 13.6. The summed E-state index contributed by atoms with van der Waals surface area (Å²) < 4.78 is 5.88. The number of fused-ring (bicyclic) bond motifs is 1. The van der Waals surface area contributed by atoms with Crippen molar-refractivity contribution in [3.8, 4) is 22.9 Å². The van der Waals surface area contributed by atoms with Crippen LogP contribution < -0.4 is 25.2 Å². The number of urea groups is 1. The van der Waals surface area contributed by atoms with Gasteiger partial charge < -0.3 is 20.3 Å². The van der Waals surface area contributed by atoms with E-state index in [2.05, 4.69) is 45.4 Å². The van der Waals surface area contributed by atoms with Crippen molar-refractivity contribution in [3.63, 3.8) is 0 Å². The van der Waals surface area contributed by atoms with Crippen molar-refractivity contribution in [1.82, 2.24) is 14.9 Å². The summed E-state index contributed by atoms with van der Waals surface area (Å²) in [4.78, 5) is 41.2. The Morgan fingerprint density at radius 1 is 0.961 bits per heavy atom. The number of hydrogen-bond acceptors (Lipinski definition) is 8. The van der Waals surface area contributed by atoms with Gasteiger partial charge in [0, 0.05) is 42.3 Å². The van der Waals surface area contributed by atoms with Crippen LogP contribution in [0.4, 0.5) is 33.6 Å². The number of nitrogens with one attached hydrogen (secondary N) is 2. The van der Waals surface area contributed by atoms with E-state index in [1.54, 1.807) is 55.7 Å². The monoisotopic (exact) mass is 700 g/mol. The van der Waals surface area contributed by atoms with Crippen LogP contribution >= 0.6 is 11.6 Å². The Morgan fingerprint density at radius 3 is 2.29 bits per heavy atom. The summed E-state index contributed by atoms with van der Waals surface area (Å²) in [6.07, 6.45) is 1.69. The van der Waals surface area contributed by atoms with Gasteiger partial charge in [-0.05, 0) is 90.9 Å². The predicted molar refractivity (Wildman–Crippen MR) is 201 cm³/mol. The van der Waals surface area contributed by atoms with Gasteiger partial charge in [-0.3, -0.25) is 14.6 Å². The van der Waals surface area contributed by atoms with E-state index in [0.29, 0.717) is 45.9 Å². The van der Waals surface area contributed by atoms with Crippen LogP contribution in [0.3, 0.4) is 0 Å². The fourth-order valence-electron chi connectivity index (χ4n) is 5.71. The molecule has 3 amide bonds. The van der Waals surface area contributed by atoms with Gasteiger partial charge in [-0.1, -0.05) is 49.7 Å². The van der Waals surface area contributed by atoms with Crippen molar-refractivity contribution in [3.05, 3.63) is 119 Å². The zero-order chi connectivity index (χ0) is 35.9. The van der Waals surface area contributed by atoms with Gasteiger partial charge in [0.25, 0.3) is 5.91 Å². The third-order valence-corrected chi connectivity index (χ3v) is 9.00. The Labute approximate surface area is 302 Å². The predicted octanol–water partition coefficient (Wildman–Crippen LogP) is 7.96. The molecule has 1 aliphatic rings. The Hall–Kier alpha value is -5.96. The van der Waals surface area contributed by atoms with Gasteiger partial charge in [0.05, 0.1) is 28.9 Å². The number of likely N-dealkylation sites (N-methyl/N-ethyl adjacent to an activating group) is 1. The van der Waals surface area contributed by atoms with E-state index in [1.807, 2.05) is 48.5 Å². The second-order valence-corrected chi connectivity index (χ2v) is 12.3. The van der Waals surface area contributed by atoms with Crippen molar-refractivity contribution >= 4 is 52.4 Å². The number of rotatable bonds is 12. The molecule has 0 bridgehead atoms. The van der Waals surface area contributed by atoms with E-state index in [1.165, 1.54) is 9.80 Å². The van der Waals surface area contributed by atoms with Crippen LogP contribution in [0.2, 0.25) is 5.02 Å². The van der Waals surface area contributed by atoms with E-state index >= 15 is 0 Å². The molecule has 258 valence electrons. The molecule has 4 aromatic carbocycles. The molecule has 1 aliphatic heterocycles. The maximum absolute atomic E-state index is 13.6. The lowest BCUT2D eigenvalue weighted by atomic mass is 10.0. The molecule has 0 saturated heterocycles. The fraction of sp³-hybridized carbons (Fsp3) is 0.205. The number of nitrogens with zero attached hydrogens (tertiary/aromatic N) is 6. The lowest BCUT2D eigenvalue weighted by Gasteiger charge is -2.34. The summed E-state index contributed by atoms with van der Waals surface area (Å²) in [6.45, 7) is 7.92. The first kappa shape index (κ1) is 34.9. The summed E-state index contributed by atoms with van der Waals surface area (Å²) in [6, 6.07) is 28.8. The Kier molecular flexibility index (Phi) is 10.8. The van der Waals surface area contributed by atoms with Crippen LogP contribution in [-0.4, -0.2) is 60.1 Å². The number of carbonyl (C=O) groups excluding carboxylic acids is 2. The topological polar surface area (TPSA) is 127 Å². The number of anilines is 5. The van der Waals surface area contributed by atoms with E-state index in [4.69, 9.17) is 21.6 Å². The largest absolute Gasteiger partial charge is 0.492 e. The third-order valence-electron chi connectivity index (χ3n) is 8.68. The standard InChI is InChI=1S/C39H37ClN8O3/c1-4-47(5-2)20-21-51-33-17-14-31(15-18-33)44-38-42-24-30-25-48(39(50)46(3)36(30)45-38)35-22-32(16-19-34(35)40)43-37(49)29-12-10-28(11-13-29)27-8-6-26(23-41)7-9-27/h6-19,22,24H,4-5,20-21,25H2,1-3H3,(H,43,49)(H,42,44,45). The number of carbonyl (C=O) groups is 2. The van der Waals surface area contributed by atoms with Crippen LogP contribution in [0.1, 0.15) is 35.3 Å². The number of ether oxygens (including phenoxy) is 1. The molecular weight excluding hydrogens is 664 g/mol. The normalized spacial score (nSPS) is 12.4.